The summed E-state index contributed by atoms with van der Waals surface area (Å²) in [6.45, 7) is 3.60. The van der Waals surface area contributed by atoms with Gasteiger partial charge in [-0.25, -0.2) is 15.0 Å². The van der Waals surface area contributed by atoms with E-state index in [9.17, 15) is 0 Å². The molecule has 9 heteroatoms. The summed E-state index contributed by atoms with van der Waals surface area (Å²) >= 11 is 3.16. The smallest absolute Gasteiger partial charge is 0.175 e. The third-order valence-electron chi connectivity index (χ3n) is 3.70. The van der Waals surface area contributed by atoms with Gasteiger partial charge in [0.05, 0.1) is 7.11 Å². The number of imidazole rings is 1. The van der Waals surface area contributed by atoms with Gasteiger partial charge in [-0.2, -0.15) is 0 Å². The summed E-state index contributed by atoms with van der Waals surface area (Å²) in [7, 11) is 1.67. The number of rotatable bonds is 7. The van der Waals surface area contributed by atoms with Crippen molar-refractivity contribution in [2.45, 2.75) is 23.5 Å². The second-order valence-corrected chi connectivity index (χ2v) is 7.02. The molecule has 0 amide bonds. The van der Waals surface area contributed by atoms with E-state index in [4.69, 9.17) is 10.5 Å². The van der Waals surface area contributed by atoms with Crippen molar-refractivity contribution in [1.82, 2.24) is 24.2 Å². The molecule has 1 aromatic carbocycles. The van der Waals surface area contributed by atoms with Crippen LogP contribution in [-0.4, -0.2) is 39.4 Å². The summed E-state index contributed by atoms with van der Waals surface area (Å²) in [5.74, 6) is 1.21. The number of benzene rings is 1. The first-order valence-corrected chi connectivity index (χ1v) is 9.73. The Hall–Kier alpha value is -1.97. The van der Waals surface area contributed by atoms with Gasteiger partial charge in [-0.15, -0.1) is 0 Å². The van der Waals surface area contributed by atoms with Crippen LogP contribution in [0.1, 0.15) is 5.56 Å². The minimum absolute atomic E-state index is 0.394. The fraction of sp³-hybridized carbons (Fsp3) is 0.312. The number of aromatic nitrogens is 4. The molecule has 0 aliphatic rings. The van der Waals surface area contributed by atoms with Gasteiger partial charge in [-0.3, -0.25) is 4.72 Å². The van der Waals surface area contributed by atoms with Crippen molar-refractivity contribution in [2.24, 2.45) is 0 Å². The Kier molecular flexibility index (Phi) is 5.67. The number of ether oxygens (including phenoxy) is 1. The van der Waals surface area contributed by atoms with Gasteiger partial charge in [0, 0.05) is 18.0 Å². The van der Waals surface area contributed by atoms with Gasteiger partial charge in [-0.1, -0.05) is 29.8 Å². The van der Waals surface area contributed by atoms with Gasteiger partial charge in [0.1, 0.15) is 12.1 Å². The maximum absolute atomic E-state index is 5.99. The van der Waals surface area contributed by atoms with Crippen LogP contribution in [0.4, 0.5) is 5.82 Å². The number of hydrogen-bond donors (Lipinski definition) is 2. The molecule has 0 aliphatic heterocycles. The number of hydrogen-bond acceptors (Lipinski definition) is 8. The number of nitrogens with two attached hydrogens (primary N) is 1. The van der Waals surface area contributed by atoms with E-state index in [1.165, 1.54) is 6.33 Å². The van der Waals surface area contributed by atoms with Crippen molar-refractivity contribution in [3.8, 4) is 5.75 Å². The predicted molar refractivity (Wildman–Crippen MR) is 103 cm³/mol. The second-order valence-electron chi connectivity index (χ2n) is 5.31. The van der Waals surface area contributed by atoms with Crippen molar-refractivity contribution < 1.29 is 4.74 Å². The van der Waals surface area contributed by atoms with E-state index in [1.807, 2.05) is 24.5 Å². The summed E-state index contributed by atoms with van der Waals surface area (Å²) in [5.41, 5.74) is 8.53. The van der Waals surface area contributed by atoms with Gasteiger partial charge in [0.25, 0.3) is 0 Å². The normalized spacial score (nSPS) is 11.2. The summed E-state index contributed by atoms with van der Waals surface area (Å²) in [6, 6.07) is 6.00. The molecular formula is C16H20N6OS2. The fourth-order valence-corrected chi connectivity index (χ4v) is 3.71. The van der Waals surface area contributed by atoms with Crippen LogP contribution in [0.3, 0.4) is 0 Å². The Labute approximate surface area is 154 Å². The lowest BCUT2D eigenvalue weighted by molar-refractivity contribution is 0.413. The predicted octanol–water partition coefficient (Wildman–Crippen LogP) is 2.74. The van der Waals surface area contributed by atoms with Gasteiger partial charge >= 0.3 is 0 Å². The maximum Gasteiger partial charge on any atom is 0.175 e. The van der Waals surface area contributed by atoms with E-state index < -0.39 is 0 Å². The molecule has 2 aromatic heterocycles. The minimum Gasteiger partial charge on any atom is -0.497 e. The van der Waals surface area contributed by atoms with Gasteiger partial charge in [0.2, 0.25) is 0 Å². The molecule has 0 fully saturated rings. The van der Waals surface area contributed by atoms with Gasteiger partial charge in [-0.05, 0) is 30.9 Å². The number of methoxy groups -OCH3 is 1. The lowest BCUT2D eigenvalue weighted by Gasteiger charge is -2.10. The highest BCUT2D eigenvalue weighted by molar-refractivity contribution is 7.99. The summed E-state index contributed by atoms with van der Waals surface area (Å²) in [4.78, 5) is 14.2. The Balaban J connectivity index is 2.02. The number of nitrogens with one attached hydrogen (secondary N) is 1. The third kappa shape index (κ3) is 3.83. The molecule has 0 saturated carbocycles. The zero-order valence-corrected chi connectivity index (χ0v) is 15.9. The lowest BCUT2D eigenvalue weighted by Crippen LogP contribution is -2.14. The molecule has 0 saturated heterocycles. The first kappa shape index (κ1) is 17.8. The van der Waals surface area contributed by atoms with Gasteiger partial charge in [0.15, 0.2) is 22.1 Å². The maximum atomic E-state index is 5.99. The van der Waals surface area contributed by atoms with Gasteiger partial charge < -0.3 is 15.0 Å². The van der Waals surface area contributed by atoms with E-state index >= 15 is 0 Å². The molecule has 7 nitrogen and oxygen atoms in total. The quantitative estimate of drug-likeness (QED) is 0.480. The van der Waals surface area contributed by atoms with Crippen LogP contribution in [0.5, 0.6) is 5.75 Å². The van der Waals surface area contributed by atoms with E-state index in [0.717, 1.165) is 40.1 Å². The Morgan fingerprint density at radius 2 is 2.16 bits per heavy atom. The van der Waals surface area contributed by atoms with Crippen LogP contribution < -0.4 is 15.2 Å². The molecule has 3 N–H and O–H groups in total. The number of nitrogen functional groups attached to an aromatic ring is 1. The van der Waals surface area contributed by atoms with E-state index in [-0.39, 0.29) is 0 Å². The lowest BCUT2D eigenvalue weighted by atomic mass is 10.2. The van der Waals surface area contributed by atoms with Crippen LogP contribution in [0.15, 0.2) is 34.6 Å². The van der Waals surface area contributed by atoms with Crippen LogP contribution >= 0.6 is 23.7 Å². The van der Waals surface area contributed by atoms with E-state index in [2.05, 4.69) is 31.2 Å². The zero-order chi connectivity index (χ0) is 17.8. The Morgan fingerprint density at radius 1 is 1.32 bits per heavy atom. The molecule has 25 heavy (non-hydrogen) atoms. The summed E-state index contributed by atoms with van der Waals surface area (Å²) in [5, 5.41) is 0.835. The number of aryl methyl sites for hydroxylation is 1. The monoisotopic (exact) mass is 376 g/mol. The fourth-order valence-electron chi connectivity index (χ4n) is 2.39. The molecule has 3 aromatic rings. The highest BCUT2D eigenvalue weighted by atomic mass is 32.2. The van der Waals surface area contributed by atoms with Crippen molar-refractivity contribution in [2.75, 3.05) is 25.6 Å². The van der Waals surface area contributed by atoms with Crippen LogP contribution in [0.25, 0.3) is 11.2 Å². The average molecular weight is 377 g/mol. The minimum atomic E-state index is 0.394. The van der Waals surface area contributed by atoms with Crippen LogP contribution in [0.2, 0.25) is 0 Å². The third-order valence-corrected chi connectivity index (χ3v) is 5.35. The molecule has 3 rings (SSSR count). The molecule has 0 aliphatic carbocycles. The zero-order valence-electron chi connectivity index (χ0n) is 14.3. The number of anilines is 1. The summed E-state index contributed by atoms with van der Waals surface area (Å²) in [6.07, 6.45) is 3.48. The molecule has 132 valence electrons. The first-order chi connectivity index (χ1) is 12.1. The largest absolute Gasteiger partial charge is 0.497 e. The van der Waals surface area contributed by atoms with Crippen molar-refractivity contribution in [3.05, 3.63) is 30.1 Å². The first-order valence-electron chi connectivity index (χ1n) is 7.69. The molecular weight excluding hydrogens is 356 g/mol. The molecule has 0 radical (unpaired) electrons. The highest BCUT2D eigenvalue weighted by Gasteiger charge is 2.16. The molecule has 0 unspecified atom stereocenters. The SMILES string of the molecule is COc1ccc(C)c(Sc2nc3c(N)ncnc3n2CCNSC)c1. The summed E-state index contributed by atoms with van der Waals surface area (Å²) < 4.78 is 10.7. The van der Waals surface area contributed by atoms with E-state index in [1.54, 1.807) is 30.8 Å². The molecule has 2 heterocycles. The van der Waals surface area contributed by atoms with Crippen molar-refractivity contribution in [3.63, 3.8) is 0 Å². The number of fused-ring (bicyclic) bond motifs is 1. The van der Waals surface area contributed by atoms with Crippen molar-refractivity contribution in [1.29, 1.82) is 0 Å². The van der Waals surface area contributed by atoms with Crippen LogP contribution in [-0.2, 0) is 6.54 Å². The van der Waals surface area contributed by atoms with Crippen LogP contribution in [0, 0.1) is 6.92 Å². The average Bonchev–Trinajstić information content (AvgIpc) is 2.96. The Morgan fingerprint density at radius 3 is 2.92 bits per heavy atom. The second kappa shape index (κ2) is 7.94. The standard InChI is InChI=1S/C16H20N6OS2/c1-10-4-5-11(23-2)8-12(10)25-16-21-13-14(17)18-9-19-15(13)22(16)7-6-20-24-3/h4-5,8-9,20H,6-7H2,1-3H3,(H2,17,18,19). The van der Waals surface area contributed by atoms with Crippen molar-refractivity contribution >= 4 is 40.7 Å². The highest BCUT2D eigenvalue weighted by Crippen LogP contribution is 2.34. The molecule has 0 atom stereocenters. The van der Waals surface area contributed by atoms with E-state index in [0.29, 0.717) is 11.3 Å². The topological polar surface area (TPSA) is 90.9 Å². The molecule has 0 bridgehead atoms. The number of nitrogens with zero attached hydrogens (tertiary/aromatic N) is 4. The Bertz CT molecular complexity index is 882. The molecule has 0 spiro atoms.